The number of aromatic nitrogens is 1. The number of rotatable bonds is 5. The van der Waals surface area contributed by atoms with E-state index in [9.17, 15) is 4.79 Å². The minimum Gasteiger partial charge on any atom is -0.299 e. The van der Waals surface area contributed by atoms with Crippen molar-refractivity contribution in [3.05, 3.63) is 65.0 Å². The molecule has 1 aliphatic carbocycles. The SMILES string of the molecule is O=C(CCc1ccncc1)Cc1ccc2c(c1)CCC2. The molecule has 0 N–H and O–H groups in total. The van der Waals surface area contributed by atoms with Crippen LogP contribution in [0.15, 0.2) is 42.7 Å². The second-order valence-electron chi connectivity index (χ2n) is 5.53. The van der Waals surface area contributed by atoms with Gasteiger partial charge in [0.05, 0.1) is 0 Å². The molecule has 0 atom stereocenters. The van der Waals surface area contributed by atoms with E-state index in [-0.39, 0.29) is 0 Å². The largest absolute Gasteiger partial charge is 0.299 e. The van der Waals surface area contributed by atoms with Gasteiger partial charge in [0, 0.05) is 25.2 Å². The highest BCUT2D eigenvalue weighted by Crippen LogP contribution is 2.23. The van der Waals surface area contributed by atoms with Gasteiger partial charge in [-0.1, -0.05) is 18.2 Å². The molecule has 0 saturated carbocycles. The van der Waals surface area contributed by atoms with E-state index in [0.29, 0.717) is 18.6 Å². The van der Waals surface area contributed by atoms with E-state index in [1.165, 1.54) is 41.5 Å². The maximum absolute atomic E-state index is 12.1. The van der Waals surface area contributed by atoms with Gasteiger partial charge < -0.3 is 0 Å². The summed E-state index contributed by atoms with van der Waals surface area (Å²) in [6.45, 7) is 0. The predicted octanol–water partition coefficient (Wildman–Crippen LogP) is 3.31. The number of carbonyl (C=O) groups excluding carboxylic acids is 1. The van der Waals surface area contributed by atoms with Crippen molar-refractivity contribution in [1.82, 2.24) is 4.98 Å². The molecule has 1 aromatic carbocycles. The van der Waals surface area contributed by atoms with Gasteiger partial charge in [-0.05, 0) is 60.1 Å². The Morgan fingerprint density at radius 3 is 2.65 bits per heavy atom. The second-order valence-corrected chi connectivity index (χ2v) is 5.53. The quantitative estimate of drug-likeness (QED) is 0.830. The molecule has 2 nitrogen and oxygen atoms in total. The third-order valence-electron chi connectivity index (χ3n) is 4.01. The summed E-state index contributed by atoms with van der Waals surface area (Å²) >= 11 is 0. The molecule has 0 radical (unpaired) electrons. The maximum atomic E-state index is 12.1. The lowest BCUT2D eigenvalue weighted by molar-refractivity contribution is -0.118. The molecule has 1 aliphatic rings. The van der Waals surface area contributed by atoms with Crippen molar-refractivity contribution in [1.29, 1.82) is 0 Å². The highest BCUT2D eigenvalue weighted by molar-refractivity contribution is 5.81. The van der Waals surface area contributed by atoms with E-state index in [1.807, 2.05) is 12.1 Å². The highest BCUT2D eigenvalue weighted by atomic mass is 16.1. The molecule has 1 aromatic heterocycles. The van der Waals surface area contributed by atoms with Gasteiger partial charge in [-0.25, -0.2) is 0 Å². The number of carbonyl (C=O) groups is 1. The van der Waals surface area contributed by atoms with Gasteiger partial charge in [0.1, 0.15) is 5.78 Å². The topological polar surface area (TPSA) is 30.0 Å². The number of fused-ring (bicyclic) bond motifs is 1. The van der Waals surface area contributed by atoms with Crippen molar-refractivity contribution in [3.63, 3.8) is 0 Å². The Hall–Kier alpha value is -1.96. The Morgan fingerprint density at radius 1 is 1.00 bits per heavy atom. The van der Waals surface area contributed by atoms with Gasteiger partial charge >= 0.3 is 0 Å². The van der Waals surface area contributed by atoms with Crippen LogP contribution >= 0.6 is 0 Å². The van der Waals surface area contributed by atoms with Crippen LogP contribution in [0.25, 0.3) is 0 Å². The number of pyridine rings is 1. The van der Waals surface area contributed by atoms with E-state index in [0.717, 1.165) is 6.42 Å². The van der Waals surface area contributed by atoms with Crippen molar-refractivity contribution in [2.24, 2.45) is 0 Å². The second kappa shape index (κ2) is 6.00. The molecule has 0 unspecified atom stereocenters. The first kappa shape index (κ1) is 13.0. The molecule has 3 rings (SSSR count). The maximum Gasteiger partial charge on any atom is 0.137 e. The van der Waals surface area contributed by atoms with E-state index in [2.05, 4.69) is 23.2 Å². The molecule has 1 heterocycles. The van der Waals surface area contributed by atoms with Crippen LogP contribution in [-0.2, 0) is 30.5 Å². The van der Waals surface area contributed by atoms with E-state index >= 15 is 0 Å². The first-order valence-electron chi connectivity index (χ1n) is 7.32. The molecule has 0 amide bonds. The lowest BCUT2D eigenvalue weighted by atomic mass is 10.00. The van der Waals surface area contributed by atoms with Gasteiger partial charge in [-0.3, -0.25) is 9.78 Å². The minimum atomic E-state index is 0.319. The molecule has 0 spiro atoms. The fourth-order valence-corrected chi connectivity index (χ4v) is 2.88. The normalized spacial score (nSPS) is 13.2. The zero-order valence-corrected chi connectivity index (χ0v) is 11.6. The van der Waals surface area contributed by atoms with Crippen molar-refractivity contribution >= 4 is 5.78 Å². The molecule has 20 heavy (non-hydrogen) atoms. The standard InChI is InChI=1S/C18H19NO/c20-18(7-5-14-8-10-19-11-9-14)13-15-4-6-16-2-1-3-17(16)12-15/h4,6,8-12H,1-3,5,7,13H2. The van der Waals surface area contributed by atoms with Gasteiger partial charge in [0.25, 0.3) is 0 Å². The van der Waals surface area contributed by atoms with Crippen molar-refractivity contribution in [3.8, 4) is 0 Å². The van der Waals surface area contributed by atoms with Crippen LogP contribution in [0, 0.1) is 0 Å². The van der Waals surface area contributed by atoms with Crippen LogP contribution in [0.1, 0.15) is 35.1 Å². The molecular weight excluding hydrogens is 246 g/mol. The third-order valence-corrected chi connectivity index (χ3v) is 4.01. The average Bonchev–Trinajstić information content (AvgIpc) is 2.94. The monoisotopic (exact) mass is 265 g/mol. The van der Waals surface area contributed by atoms with E-state index in [1.54, 1.807) is 12.4 Å². The number of hydrogen-bond donors (Lipinski definition) is 0. The van der Waals surface area contributed by atoms with Crippen LogP contribution in [0.5, 0.6) is 0 Å². The number of ketones is 1. The average molecular weight is 265 g/mol. The third kappa shape index (κ3) is 3.13. The van der Waals surface area contributed by atoms with Gasteiger partial charge in [0.15, 0.2) is 0 Å². The van der Waals surface area contributed by atoms with Gasteiger partial charge in [0.2, 0.25) is 0 Å². The summed E-state index contributed by atoms with van der Waals surface area (Å²) < 4.78 is 0. The highest BCUT2D eigenvalue weighted by Gasteiger charge is 2.12. The first-order valence-corrected chi connectivity index (χ1v) is 7.32. The number of benzene rings is 1. The Bertz CT molecular complexity index is 604. The number of aryl methyl sites for hydroxylation is 3. The van der Waals surface area contributed by atoms with E-state index in [4.69, 9.17) is 0 Å². The molecular formula is C18H19NO. The lowest BCUT2D eigenvalue weighted by Crippen LogP contribution is -2.05. The number of Topliss-reactive ketones (excluding diaryl/α,β-unsaturated/α-hetero) is 1. The summed E-state index contributed by atoms with van der Waals surface area (Å²) in [5.74, 6) is 0.319. The molecule has 0 bridgehead atoms. The lowest BCUT2D eigenvalue weighted by Gasteiger charge is -2.05. The zero-order valence-electron chi connectivity index (χ0n) is 11.6. The van der Waals surface area contributed by atoms with Crippen molar-refractivity contribution in [2.45, 2.75) is 38.5 Å². The van der Waals surface area contributed by atoms with Crippen molar-refractivity contribution in [2.75, 3.05) is 0 Å². The van der Waals surface area contributed by atoms with Crippen LogP contribution in [0.2, 0.25) is 0 Å². The van der Waals surface area contributed by atoms with Crippen molar-refractivity contribution < 1.29 is 4.79 Å². The summed E-state index contributed by atoms with van der Waals surface area (Å²) in [6.07, 6.45) is 9.18. The number of hydrogen-bond acceptors (Lipinski definition) is 2. The smallest absolute Gasteiger partial charge is 0.137 e. The van der Waals surface area contributed by atoms with Crippen LogP contribution < -0.4 is 0 Å². The minimum absolute atomic E-state index is 0.319. The summed E-state index contributed by atoms with van der Waals surface area (Å²) in [7, 11) is 0. The van der Waals surface area contributed by atoms with Crippen LogP contribution in [-0.4, -0.2) is 10.8 Å². The summed E-state index contributed by atoms with van der Waals surface area (Å²) in [5.41, 5.74) is 5.27. The molecule has 2 heteroatoms. The van der Waals surface area contributed by atoms with E-state index < -0.39 is 0 Å². The van der Waals surface area contributed by atoms with Gasteiger partial charge in [-0.2, -0.15) is 0 Å². The molecule has 2 aromatic rings. The summed E-state index contributed by atoms with van der Waals surface area (Å²) in [5, 5.41) is 0. The Balaban J connectivity index is 1.56. The number of nitrogens with zero attached hydrogens (tertiary/aromatic N) is 1. The Morgan fingerprint density at radius 2 is 1.80 bits per heavy atom. The predicted molar refractivity (Wildman–Crippen MR) is 79.7 cm³/mol. The molecule has 0 aliphatic heterocycles. The molecule has 0 fully saturated rings. The van der Waals surface area contributed by atoms with Crippen LogP contribution in [0.4, 0.5) is 0 Å². The summed E-state index contributed by atoms with van der Waals surface area (Å²) in [4.78, 5) is 16.1. The van der Waals surface area contributed by atoms with Gasteiger partial charge in [-0.15, -0.1) is 0 Å². The molecule has 102 valence electrons. The summed E-state index contributed by atoms with van der Waals surface area (Å²) in [6, 6.07) is 10.5. The van der Waals surface area contributed by atoms with Crippen LogP contribution in [0.3, 0.4) is 0 Å². The fourth-order valence-electron chi connectivity index (χ4n) is 2.88. The molecule has 0 saturated heterocycles. The first-order chi connectivity index (χ1) is 9.81. The fraction of sp³-hybridized carbons (Fsp3) is 0.333. The Labute approximate surface area is 119 Å². The zero-order chi connectivity index (χ0) is 13.8. The Kier molecular flexibility index (Phi) is 3.91.